The van der Waals surface area contributed by atoms with Crippen LogP contribution in [0, 0.1) is 0 Å². The third kappa shape index (κ3) is 4.28. The van der Waals surface area contributed by atoms with E-state index < -0.39 is 0 Å². The van der Waals surface area contributed by atoms with Crippen LogP contribution in [0.15, 0.2) is 36.7 Å². The molecule has 0 spiro atoms. The Balaban J connectivity index is 1.68. The molecule has 1 aliphatic heterocycles. The Morgan fingerprint density at radius 1 is 1.13 bits per heavy atom. The highest BCUT2D eigenvalue weighted by molar-refractivity contribution is 6.30. The zero-order valence-electron chi connectivity index (χ0n) is 13.7. The largest absolute Gasteiger partial charge is 0.305 e. The van der Waals surface area contributed by atoms with Crippen LogP contribution >= 0.6 is 11.6 Å². The van der Waals surface area contributed by atoms with Crippen molar-refractivity contribution in [2.75, 3.05) is 26.7 Å². The van der Waals surface area contributed by atoms with E-state index in [0.717, 1.165) is 36.0 Å². The van der Waals surface area contributed by atoms with Gasteiger partial charge in [-0.3, -0.25) is 4.90 Å². The first-order valence-electron chi connectivity index (χ1n) is 8.11. The lowest BCUT2D eigenvalue weighted by molar-refractivity contribution is 0.194. The van der Waals surface area contributed by atoms with Crippen LogP contribution in [0.25, 0.3) is 11.4 Å². The lowest BCUT2D eigenvalue weighted by Crippen LogP contribution is -2.37. The fraction of sp³-hybridized carbons (Fsp3) is 0.444. The third-order valence-electron chi connectivity index (χ3n) is 4.38. The minimum atomic E-state index is 0.554. The molecule has 4 nitrogen and oxygen atoms in total. The molecule has 1 saturated heterocycles. The standard InChI is InChI=1S/C18H23ClN4/c1-14-12-22(2)8-3-9-23(14)13-15-10-20-18(21-11-15)16-4-6-17(19)7-5-16/h4-7,10-11,14H,3,8-9,12-13H2,1-2H3/t14-/m1/s1. The molecule has 1 aliphatic rings. The van der Waals surface area contributed by atoms with E-state index in [-0.39, 0.29) is 0 Å². The number of rotatable bonds is 3. The number of hydrogen-bond acceptors (Lipinski definition) is 4. The quantitative estimate of drug-likeness (QED) is 0.864. The summed E-state index contributed by atoms with van der Waals surface area (Å²) in [5, 5.41) is 0.727. The maximum Gasteiger partial charge on any atom is 0.159 e. The molecule has 0 saturated carbocycles. The van der Waals surface area contributed by atoms with Crippen molar-refractivity contribution in [3.05, 3.63) is 47.2 Å². The molecular weight excluding hydrogens is 308 g/mol. The van der Waals surface area contributed by atoms with Gasteiger partial charge in [0.05, 0.1) is 0 Å². The molecule has 2 aromatic rings. The van der Waals surface area contributed by atoms with E-state index in [4.69, 9.17) is 11.6 Å². The molecule has 0 unspecified atom stereocenters. The molecule has 1 aromatic heterocycles. The maximum atomic E-state index is 5.92. The average Bonchev–Trinajstić information content (AvgIpc) is 2.70. The summed E-state index contributed by atoms with van der Waals surface area (Å²) in [4.78, 5) is 14.0. The zero-order chi connectivity index (χ0) is 16.2. The molecule has 2 heterocycles. The monoisotopic (exact) mass is 330 g/mol. The van der Waals surface area contributed by atoms with Gasteiger partial charge >= 0.3 is 0 Å². The van der Waals surface area contributed by atoms with E-state index >= 15 is 0 Å². The van der Waals surface area contributed by atoms with Crippen molar-refractivity contribution in [3.8, 4) is 11.4 Å². The summed E-state index contributed by atoms with van der Waals surface area (Å²) in [6.07, 6.45) is 5.10. The summed E-state index contributed by atoms with van der Waals surface area (Å²) in [5.74, 6) is 0.745. The number of halogens is 1. The Morgan fingerprint density at radius 3 is 2.52 bits per heavy atom. The van der Waals surface area contributed by atoms with Crippen molar-refractivity contribution in [1.82, 2.24) is 19.8 Å². The molecule has 3 rings (SSSR count). The van der Waals surface area contributed by atoms with Crippen LogP contribution in [0.2, 0.25) is 5.02 Å². The number of aromatic nitrogens is 2. The van der Waals surface area contributed by atoms with Crippen molar-refractivity contribution in [1.29, 1.82) is 0 Å². The highest BCUT2D eigenvalue weighted by Gasteiger charge is 2.19. The Kier molecular flexibility index (Phi) is 5.26. The van der Waals surface area contributed by atoms with Crippen LogP contribution in [-0.4, -0.2) is 52.5 Å². The van der Waals surface area contributed by atoms with Gasteiger partial charge in [0.1, 0.15) is 0 Å². The predicted molar refractivity (Wildman–Crippen MR) is 94.5 cm³/mol. The van der Waals surface area contributed by atoms with Crippen molar-refractivity contribution in [2.24, 2.45) is 0 Å². The molecule has 0 aliphatic carbocycles. The minimum absolute atomic E-state index is 0.554. The van der Waals surface area contributed by atoms with Gasteiger partial charge in [0, 0.05) is 54.2 Å². The lowest BCUT2D eigenvalue weighted by atomic mass is 10.2. The summed E-state index contributed by atoms with van der Waals surface area (Å²) in [6, 6.07) is 8.18. The number of likely N-dealkylation sites (N-methyl/N-ethyl adjacent to an activating group) is 1. The van der Waals surface area contributed by atoms with E-state index in [1.54, 1.807) is 0 Å². The summed E-state index contributed by atoms with van der Waals surface area (Å²) in [6.45, 7) is 6.63. The highest BCUT2D eigenvalue weighted by atomic mass is 35.5. The van der Waals surface area contributed by atoms with E-state index in [0.29, 0.717) is 6.04 Å². The van der Waals surface area contributed by atoms with Gasteiger partial charge < -0.3 is 4.90 Å². The van der Waals surface area contributed by atoms with Gasteiger partial charge in [-0.25, -0.2) is 9.97 Å². The summed E-state index contributed by atoms with van der Waals surface area (Å²) in [5.41, 5.74) is 2.16. The molecule has 23 heavy (non-hydrogen) atoms. The van der Waals surface area contributed by atoms with Crippen LogP contribution in [-0.2, 0) is 6.54 Å². The zero-order valence-corrected chi connectivity index (χ0v) is 14.5. The Morgan fingerprint density at radius 2 is 1.83 bits per heavy atom. The average molecular weight is 331 g/mol. The van der Waals surface area contributed by atoms with Gasteiger partial charge in [0.15, 0.2) is 5.82 Å². The first kappa shape index (κ1) is 16.4. The normalized spacial score (nSPS) is 20.4. The van der Waals surface area contributed by atoms with E-state index in [1.165, 1.54) is 18.5 Å². The number of hydrogen-bond donors (Lipinski definition) is 0. The Bertz CT molecular complexity index is 626. The number of nitrogens with zero attached hydrogens (tertiary/aromatic N) is 4. The molecule has 122 valence electrons. The van der Waals surface area contributed by atoms with Crippen LogP contribution in [0.3, 0.4) is 0 Å². The van der Waals surface area contributed by atoms with Gasteiger partial charge in [0.2, 0.25) is 0 Å². The molecule has 1 atom stereocenters. The SMILES string of the molecule is C[C@@H]1CN(C)CCCN1Cc1cnc(-c2ccc(Cl)cc2)nc1. The van der Waals surface area contributed by atoms with Gasteiger partial charge in [-0.1, -0.05) is 11.6 Å². The topological polar surface area (TPSA) is 32.3 Å². The molecular formula is C18H23ClN4. The fourth-order valence-electron chi connectivity index (χ4n) is 3.08. The van der Waals surface area contributed by atoms with Gasteiger partial charge in [0.25, 0.3) is 0 Å². The molecule has 1 aromatic carbocycles. The smallest absolute Gasteiger partial charge is 0.159 e. The molecule has 1 fully saturated rings. The molecule has 5 heteroatoms. The van der Waals surface area contributed by atoms with Crippen LogP contribution in [0.4, 0.5) is 0 Å². The molecule has 0 amide bonds. The first-order chi connectivity index (χ1) is 11.1. The first-order valence-corrected chi connectivity index (χ1v) is 8.49. The predicted octanol–water partition coefficient (Wildman–Crippen LogP) is 3.32. The fourth-order valence-corrected chi connectivity index (χ4v) is 3.20. The van der Waals surface area contributed by atoms with E-state index in [9.17, 15) is 0 Å². The Labute approximate surface area is 143 Å². The Hall–Kier alpha value is -1.49. The highest BCUT2D eigenvalue weighted by Crippen LogP contribution is 2.18. The summed E-state index contributed by atoms with van der Waals surface area (Å²) in [7, 11) is 2.20. The number of benzene rings is 1. The second-order valence-electron chi connectivity index (χ2n) is 6.36. The molecule has 0 bridgehead atoms. The second-order valence-corrected chi connectivity index (χ2v) is 6.79. The van der Waals surface area contributed by atoms with Crippen molar-refractivity contribution in [2.45, 2.75) is 25.9 Å². The van der Waals surface area contributed by atoms with Crippen LogP contribution in [0.5, 0.6) is 0 Å². The van der Waals surface area contributed by atoms with Crippen molar-refractivity contribution < 1.29 is 0 Å². The van der Waals surface area contributed by atoms with E-state index in [2.05, 4.69) is 33.7 Å². The lowest BCUT2D eigenvalue weighted by Gasteiger charge is -2.27. The second kappa shape index (κ2) is 7.39. The van der Waals surface area contributed by atoms with Gasteiger partial charge in [-0.05, 0) is 51.2 Å². The third-order valence-corrected chi connectivity index (χ3v) is 4.63. The molecule has 0 N–H and O–H groups in total. The van der Waals surface area contributed by atoms with Gasteiger partial charge in [-0.15, -0.1) is 0 Å². The van der Waals surface area contributed by atoms with Crippen molar-refractivity contribution in [3.63, 3.8) is 0 Å². The van der Waals surface area contributed by atoms with Crippen LogP contribution in [0.1, 0.15) is 18.9 Å². The van der Waals surface area contributed by atoms with Gasteiger partial charge in [-0.2, -0.15) is 0 Å². The van der Waals surface area contributed by atoms with Crippen LogP contribution < -0.4 is 0 Å². The summed E-state index contributed by atoms with van der Waals surface area (Å²) >= 11 is 5.92. The summed E-state index contributed by atoms with van der Waals surface area (Å²) < 4.78 is 0. The van der Waals surface area contributed by atoms with E-state index in [1.807, 2.05) is 36.7 Å². The van der Waals surface area contributed by atoms with Crippen molar-refractivity contribution >= 4 is 11.6 Å². The molecule has 0 radical (unpaired) electrons. The maximum absolute atomic E-state index is 5.92. The minimum Gasteiger partial charge on any atom is -0.305 e.